The number of nitrogens with zero attached hydrogens (tertiary/aromatic N) is 1. The molecule has 0 bridgehead atoms. The van der Waals surface area contributed by atoms with Crippen LogP contribution in [0, 0.1) is 6.92 Å². The first-order valence-electron chi connectivity index (χ1n) is 7.98. The van der Waals surface area contributed by atoms with Crippen LogP contribution in [0.1, 0.15) is 49.8 Å². The molecule has 1 aromatic rings. The zero-order chi connectivity index (χ0) is 15.0. The summed E-state index contributed by atoms with van der Waals surface area (Å²) in [6.45, 7) is 5.65. The van der Waals surface area contributed by atoms with Crippen molar-refractivity contribution >= 4 is 11.6 Å². The highest BCUT2D eigenvalue weighted by molar-refractivity contribution is 6.32. The zero-order valence-corrected chi connectivity index (χ0v) is 13.6. The first-order valence-corrected chi connectivity index (χ1v) is 8.36. The van der Waals surface area contributed by atoms with Gasteiger partial charge in [0.1, 0.15) is 18.5 Å². The summed E-state index contributed by atoms with van der Waals surface area (Å²) in [5, 5.41) is 11.2. The number of likely N-dealkylation sites (tertiary alicyclic amines) is 1. The van der Waals surface area contributed by atoms with E-state index in [0.717, 1.165) is 29.8 Å². The highest BCUT2D eigenvalue weighted by Gasteiger charge is 2.38. The van der Waals surface area contributed by atoms with Gasteiger partial charge in [-0.15, -0.1) is 0 Å². The van der Waals surface area contributed by atoms with Crippen LogP contribution in [0.5, 0.6) is 5.75 Å². The van der Waals surface area contributed by atoms with Crippen LogP contribution in [0.25, 0.3) is 0 Å². The second-order valence-corrected chi connectivity index (χ2v) is 6.69. The molecule has 4 heteroatoms. The molecular weight excluding hydrogens is 286 g/mol. The lowest BCUT2D eigenvalue weighted by molar-refractivity contribution is -0.0290. The Morgan fingerprint density at radius 2 is 2.19 bits per heavy atom. The first kappa shape index (κ1) is 15.1. The van der Waals surface area contributed by atoms with Crippen molar-refractivity contribution in [1.29, 1.82) is 0 Å². The minimum Gasteiger partial charge on any atom is -0.489 e. The molecule has 3 atom stereocenters. The number of benzene rings is 1. The van der Waals surface area contributed by atoms with E-state index in [0.29, 0.717) is 17.7 Å². The third-order valence-electron chi connectivity index (χ3n) is 4.80. The summed E-state index contributed by atoms with van der Waals surface area (Å²) in [7, 11) is 0. The van der Waals surface area contributed by atoms with Crippen molar-refractivity contribution in [2.75, 3.05) is 13.2 Å². The molecule has 2 heterocycles. The van der Waals surface area contributed by atoms with E-state index in [1.807, 2.05) is 13.0 Å². The van der Waals surface area contributed by atoms with Gasteiger partial charge in [0.2, 0.25) is 0 Å². The maximum Gasteiger partial charge on any atom is 0.142 e. The maximum atomic E-state index is 10.6. The molecule has 3 nitrogen and oxygen atoms in total. The lowest BCUT2D eigenvalue weighted by Crippen LogP contribution is -2.48. The fraction of sp³-hybridized carbons (Fsp3) is 0.647. The summed E-state index contributed by atoms with van der Waals surface area (Å²) in [4.78, 5) is 2.48. The molecule has 0 spiro atoms. The Morgan fingerprint density at radius 1 is 1.38 bits per heavy atom. The van der Waals surface area contributed by atoms with Crippen molar-refractivity contribution in [2.45, 2.75) is 57.7 Å². The number of hydrogen-bond acceptors (Lipinski definition) is 3. The number of ether oxygens (including phenoxy) is 1. The minimum atomic E-state index is -0.484. The number of aliphatic hydroxyl groups excluding tert-OH is 1. The van der Waals surface area contributed by atoms with Crippen LogP contribution >= 0.6 is 11.6 Å². The van der Waals surface area contributed by atoms with Crippen LogP contribution in [0.4, 0.5) is 0 Å². The fourth-order valence-electron chi connectivity index (χ4n) is 3.82. The standard InChI is InChI=1S/C17H24ClNO2/c1-3-12-6-4-5-7-19(12)16-13-8-11(2)9-14(18)17(13)21-10-15(16)20/h8-9,12,15-16,20H,3-7,10H2,1-2H3. The van der Waals surface area contributed by atoms with E-state index in [1.165, 1.54) is 19.3 Å². The predicted molar refractivity (Wildman–Crippen MR) is 85.1 cm³/mol. The Balaban J connectivity index is 2.02. The third-order valence-corrected chi connectivity index (χ3v) is 5.08. The van der Waals surface area contributed by atoms with Crippen molar-refractivity contribution in [3.63, 3.8) is 0 Å². The van der Waals surface area contributed by atoms with Crippen LogP contribution in [0.3, 0.4) is 0 Å². The second-order valence-electron chi connectivity index (χ2n) is 6.28. The smallest absolute Gasteiger partial charge is 0.142 e. The average Bonchev–Trinajstić information content (AvgIpc) is 2.47. The predicted octanol–water partition coefficient (Wildman–Crippen LogP) is 3.71. The number of piperidine rings is 1. The largest absolute Gasteiger partial charge is 0.489 e. The van der Waals surface area contributed by atoms with E-state index < -0.39 is 6.10 Å². The molecule has 1 aromatic carbocycles. The van der Waals surface area contributed by atoms with Crippen LogP contribution < -0.4 is 4.74 Å². The Hall–Kier alpha value is -0.770. The van der Waals surface area contributed by atoms with Gasteiger partial charge >= 0.3 is 0 Å². The van der Waals surface area contributed by atoms with E-state index in [2.05, 4.69) is 17.9 Å². The molecule has 2 aliphatic heterocycles. The van der Waals surface area contributed by atoms with Gasteiger partial charge in [-0.25, -0.2) is 0 Å². The number of aliphatic hydroxyl groups is 1. The average molecular weight is 310 g/mol. The highest BCUT2D eigenvalue weighted by atomic mass is 35.5. The van der Waals surface area contributed by atoms with Gasteiger partial charge in [0, 0.05) is 11.6 Å². The van der Waals surface area contributed by atoms with Crippen molar-refractivity contribution in [3.8, 4) is 5.75 Å². The van der Waals surface area contributed by atoms with Gasteiger partial charge in [-0.05, 0) is 44.4 Å². The third kappa shape index (κ3) is 2.79. The van der Waals surface area contributed by atoms with Gasteiger partial charge in [-0.1, -0.05) is 31.0 Å². The molecule has 116 valence electrons. The number of aryl methyl sites for hydroxylation is 1. The van der Waals surface area contributed by atoms with E-state index in [-0.39, 0.29) is 6.04 Å². The maximum absolute atomic E-state index is 10.6. The van der Waals surface area contributed by atoms with Gasteiger partial charge < -0.3 is 9.84 Å². The van der Waals surface area contributed by atoms with E-state index >= 15 is 0 Å². The monoisotopic (exact) mass is 309 g/mol. The van der Waals surface area contributed by atoms with Gasteiger partial charge in [0.15, 0.2) is 0 Å². The molecular formula is C17H24ClNO2. The molecule has 0 amide bonds. The Morgan fingerprint density at radius 3 is 2.95 bits per heavy atom. The van der Waals surface area contributed by atoms with E-state index in [9.17, 15) is 5.11 Å². The lowest BCUT2D eigenvalue weighted by atomic mass is 9.90. The van der Waals surface area contributed by atoms with Crippen molar-refractivity contribution < 1.29 is 9.84 Å². The molecule has 21 heavy (non-hydrogen) atoms. The number of halogens is 1. The molecule has 1 fully saturated rings. The molecule has 0 aromatic heterocycles. The topological polar surface area (TPSA) is 32.7 Å². The minimum absolute atomic E-state index is 0.0106. The van der Waals surface area contributed by atoms with Crippen LogP contribution in [-0.4, -0.2) is 35.3 Å². The summed E-state index contributed by atoms with van der Waals surface area (Å²) in [6.07, 6.45) is 4.35. The highest BCUT2D eigenvalue weighted by Crippen LogP contribution is 2.43. The first-order chi connectivity index (χ1) is 10.1. The van der Waals surface area contributed by atoms with Crippen LogP contribution in [0.15, 0.2) is 12.1 Å². The summed E-state index contributed by atoms with van der Waals surface area (Å²) < 4.78 is 5.70. The van der Waals surface area contributed by atoms with Crippen molar-refractivity contribution in [1.82, 2.24) is 4.90 Å². The second kappa shape index (κ2) is 6.15. The lowest BCUT2D eigenvalue weighted by Gasteiger charge is -2.45. The summed E-state index contributed by atoms with van der Waals surface area (Å²) >= 11 is 6.34. The summed E-state index contributed by atoms with van der Waals surface area (Å²) in [6, 6.07) is 4.61. The van der Waals surface area contributed by atoms with Crippen LogP contribution in [0.2, 0.25) is 5.02 Å². The van der Waals surface area contributed by atoms with Crippen molar-refractivity contribution in [2.24, 2.45) is 0 Å². The number of fused-ring (bicyclic) bond motifs is 1. The Bertz CT molecular complexity index is 520. The van der Waals surface area contributed by atoms with Gasteiger partial charge in [-0.3, -0.25) is 4.90 Å². The molecule has 1 saturated heterocycles. The van der Waals surface area contributed by atoms with Gasteiger partial charge in [0.25, 0.3) is 0 Å². The SMILES string of the molecule is CCC1CCCCN1C1c2cc(C)cc(Cl)c2OCC1O. The fourth-order valence-corrected chi connectivity index (χ4v) is 4.16. The molecule has 0 aliphatic carbocycles. The van der Waals surface area contributed by atoms with Gasteiger partial charge in [-0.2, -0.15) is 0 Å². The molecule has 0 radical (unpaired) electrons. The van der Waals surface area contributed by atoms with Gasteiger partial charge in [0.05, 0.1) is 11.1 Å². The van der Waals surface area contributed by atoms with Crippen molar-refractivity contribution in [3.05, 3.63) is 28.3 Å². The molecule has 3 unspecified atom stereocenters. The quantitative estimate of drug-likeness (QED) is 0.904. The normalized spacial score (nSPS) is 29.8. The number of rotatable bonds is 2. The number of hydrogen-bond donors (Lipinski definition) is 1. The van der Waals surface area contributed by atoms with E-state index in [1.54, 1.807) is 0 Å². The van der Waals surface area contributed by atoms with Crippen LogP contribution in [-0.2, 0) is 0 Å². The summed E-state index contributed by atoms with van der Waals surface area (Å²) in [5.74, 6) is 0.762. The summed E-state index contributed by atoms with van der Waals surface area (Å²) in [5.41, 5.74) is 2.17. The molecule has 1 N–H and O–H groups in total. The zero-order valence-electron chi connectivity index (χ0n) is 12.8. The van der Waals surface area contributed by atoms with E-state index in [4.69, 9.17) is 16.3 Å². The molecule has 0 saturated carbocycles. The molecule has 3 rings (SSSR count). The molecule has 2 aliphatic rings. The Kier molecular flexibility index (Phi) is 4.43. The Labute approximate surface area is 131 Å².